The van der Waals surface area contributed by atoms with E-state index in [4.69, 9.17) is 9.47 Å². The summed E-state index contributed by atoms with van der Waals surface area (Å²) in [5.74, 6) is 1.78. The van der Waals surface area contributed by atoms with Gasteiger partial charge in [-0.05, 0) is 38.1 Å². The van der Waals surface area contributed by atoms with E-state index in [1.165, 1.54) is 0 Å². The first-order chi connectivity index (χ1) is 8.36. The molecule has 0 aliphatic heterocycles. The summed E-state index contributed by atoms with van der Waals surface area (Å²) in [6, 6.07) is 17.6. The van der Waals surface area contributed by atoms with Crippen molar-refractivity contribution in [2.45, 2.75) is 13.8 Å². The fraction of sp³-hybridized carbons (Fsp3) is 0.267. The van der Waals surface area contributed by atoms with Gasteiger partial charge in [-0.2, -0.15) is 18.2 Å². The van der Waals surface area contributed by atoms with Gasteiger partial charge in [-0.25, -0.2) is 12.1 Å². The average Bonchev–Trinajstić information content (AvgIpc) is 2.91. The maximum absolute atomic E-state index is 5.28. The van der Waals surface area contributed by atoms with Gasteiger partial charge in [0.1, 0.15) is 11.5 Å². The van der Waals surface area contributed by atoms with Crippen molar-refractivity contribution >= 4 is 0 Å². The summed E-state index contributed by atoms with van der Waals surface area (Å²) in [6.45, 7) is 5.34. The summed E-state index contributed by atoms with van der Waals surface area (Å²) in [5, 5.41) is 0. The molecule has 100 valence electrons. The van der Waals surface area contributed by atoms with Crippen LogP contribution in [0.2, 0.25) is 0 Å². The molecule has 2 rings (SSSR count). The normalized spacial score (nSPS) is 8.56. The van der Waals surface area contributed by atoms with Crippen molar-refractivity contribution in [3.05, 3.63) is 54.6 Å². The Hall–Kier alpha value is -1.31. The van der Waals surface area contributed by atoms with Crippen LogP contribution < -0.4 is 9.47 Å². The number of ether oxygens (including phenoxy) is 2. The van der Waals surface area contributed by atoms with Crippen LogP contribution in [0.1, 0.15) is 13.8 Å². The zero-order chi connectivity index (χ0) is 12.3. The van der Waals surface area contributed by atoms with Crippen LogP contribution in [0.3, 0.4) is 0 Å². The van der Waals surface area contributed by atoms with Gasteiger partial charge in [0.25, 0.3) is 0 Å². The fourth-order valence-electron chi connectivity index (χ4n) is 1.29. The zero-order valence-electron chi connectivity index (χ0n) is 10.8. The molecule has 0 saturated heterocycles. The summed E-state index contributed by atoms with van der Waals surface area (Å²) in [7, 11) is 0. The number of benzene rings is 1. The molecule has 0 aliphatic carbocycles. The molecule has 2 nitrogen and oxygen atoms in total. The van der Waals surface area contributed by atoms with Crippen molar-refractivity contribution in [1.29, 1.82) is 0 Å². The third-order valence-electron chi connectivity index (χ3n) is 2.00. The minimum Gasteiger partial charge on any atom is -0.494 e. The predicted molar refractivity (Wildman–Crippen MR) is 70.8 cm³/mol. The number of rotatable bonds is 4. The first kappa shape index (κ1) is 16.7. The summed E-state index contributed by atoms with van der Waals surface area (Å²) in [5.41, 5.74) is 0. The van der Waals surface area contributed by atoms with Gasteiger partial charge in [0, 0.05) is 17.1 Å². The first-order valence-corrected chi connectivity index (χ1v) is 5.89. The Bertz CT molecular complexity index is 326. The van der Waals surface area contributed by atoms with Gasteiger partial charge in [0.15, 0.2) is 0 Å². The predicted octanol–water partition coefficient (Wildman–Crippen LogP) is 3.89. The molecule has 0 saturated carbocycles. The molecule has 0 amide bonds. The fourth-order valence-corrected chi connectivity index (χ4v) is 1.29. The molecule has 0 atom stereocenters. The Morgan fingerprint density at radius 2 is 1.22 bits per heavy atom. The van der Waals surface area contributed by atoms with Crippen LogP contribution in [0.25, 0.3) is 0 Å². The Kier molecular flexibility index (Phi) is 10.0. The van der Waals surface area contributed by atoms with Gasteiger partial charge >= 0.3 is 0 Å². The Morgan fingerprint density at radius 1 is 0.833 bits per heavy atom. The second-order valence-corrected chi connectivity index (χ2v) is 3.30. The van der Waals surface area contributed by atoms with Gasteiger partial charge in [0.2, 0.25) is 0 Å². The van der Waals surface area contributed by atoms with Crippen molar-refractivity contribution in [1.82, 2.24) is 0 Å². The van der Waals surface area contributed by atoms with Gasteiger partial charge in [-0.1, -0.05) is 0 Å². The molecule has 0 N–H and O–H groups in total. The standard InChI is InChI=1S/C10H14O2.C5H5.Fe/c1-3-11-9-5-7-10(8-6-9)12-4-2;1-2-4-5-3-1;/h5-8H,3-4H2,1-2H3;1-5H;/q;-1;. The SMILES string of the molecule is CCOc1ccc(OCC)cc1.[Fe].c1cc[cH-]c1. The molecule has 0 aliphatic rings. The molecule has 0 unspecified atom stereocenters. The van der Waals surface area contributed by atoms with Crippen molar-refractivity contribution < 1.29 is 26.5 Å². The van der Waals surface area contributed by atoms with E-state index in [9.17, 15) is 0 Å². The number of hydrogen-bond acceptors (Lipinski definition) is 2. The van der Waals surface area contributed by atoms with Crippen molar-refractivity contribution in [2.75, 3.05) is 13.2 Å². The monoisotopic (exact) mass is 287 g/mol. The molecular weight excluding hydrogens is 268 g/mol. The van der Waals surface area contributed by atoms with E-state index in [0.717, 1.165) is 11.5 Å². The topological polar surface area (TPSA) is 18.5 Å². The quantitative estimate of drug-likeness (QED) is 0.627. The Labute approximate surface area is 120 Å². The van der Waals surface area contributed by atoms with Crippen LogP contribution in [0.15, 0.2) is 54.6 Å². The van der Waals surface area contributed by atoms with E-state index in [1.54, 1.807) is 0 Å². The molecule has 0 heterocycles. The Morgan fingerprint density at radius 3 is 1.44 bits per heavy atom. The molecular formula is C15H19FeO2-. The maximum Gasteiger partial charge on any atom is 0.119 e. The molecule has 2 aromatic carbocycles. The molecule has 0 aromatic heterocycles. The number of hydrogen-bond donors (Lipinski definition) is 0. The second-order valence-electron chi connectivity index (χ2n) is 3.30. The summed E-state index contributed by atoms with van der Waals surface area (Å²) in [4.78, 5) is 0. The van der Waals surface area contributed by atoms with Crippen LogP contribution in [-0.2, 0) is 17.1 Å². The van der Waals surface area contributed by atoms with Crippen molar-refractivity contribution in [3.63, 3.8) is 0 Å². The van der Waals surface area contributed by atoms with E-state index in [-0.39, 0.29) is 17.1 Å². The molecule has 0 spiro atoms. The van der Waals surface area contributed by atoms with Crippen molar-refractivity contribution in [2.24, 2.45) is 0 Å². The van der Waals surface area contributed by atoms with E-state index in [2.05, 4.69) is 0 Å². The van der Waals surface area contributed by atoms with Gasteiger partial charge in [0.05, 0.1) is 13.2 Å². The first-order valence-electron chi connectivity index (χ1n) is 5.89. The van der Waals surface area contributed by atoms with E-state index >= 15 is 0 Å². The molecule has 0 fully saturated rings. The average molecular weight is 287 g/mol. The minimum atomic E-state index is 0. The Balaban J connectivity index is 0.000000405. The van der Waals surface area contributed by atoms with Crippen LogP contribution in [0, 0.1) is 0 Å². The van der Waals surface area contributed by atoms with Crippen LogP contribution in [0.4, 0.5) is 0 Å². The third-order valence-corrected chi connectivity index (χ3v) is 2.00. The van der Waals surface area contributed by atoms with E-state index < -0.39 is 0 Å². The summed E-state index contributed by atoms with van der Waals surface area (Å²) in [6.07, 6.45) is 0. The molecule has 0 bridgehead atoms. The second kappa shape index (κ2) is 10.8. The van der Waals surface area contributed by atoms with Crippen molar-refractivity contribution in [3.8, 4) is 11.5 Å². The van der Waals surface area contributed by atoms with Gasteiger partial charge in [-0.15, -0.1) is 0 Å². The molecule has 2 aromatic rings. The van der Waals surface area contributed by atoms with Gasteiger partial charge in [-0.3, -0.25) is 0 Å². The van der Waals surface area contributed by atoms with Gasteiger partial charge < -0.3 is 9.47 Å². The third kappa shape index (κ3) is 7.10. The smallest absolute Gasteiger partial charge is 0.119 e. The largest absolute Gasteiger partial charge is 0.494 e. The van der Waals surface area contributed by atoms with E-state index in [0.29, 0.717) is 13.2 Å². The maximum atomic E-state index is 5.28. The molecule has 18 heavy (non-hydrogen) atoms. The van der Waals surface area contributed by atoms with Crippen LogP contribution >= 0.6 is 0 Å². The summed E-state index contributed by atoms with van der Waals surface area (Å²) >= 11 is 0. The van der Waals surface area contributed by atoms with Crippen LogP contribution in [-0.4, -0.2) is 13.2 Å². The van der Waals surface area contributed by atoms with E-state index in [1.807, 2.05) is 68.4 Å². The van der Waals surface area contributed by atoms with Crippen LogP contribution in [0.5, 0.6) is 11.5 Å². The molecule has 0 radical (unpaired) electrons. The zero-order valence-corrected chi connectivity index (χ0v) is 11.9. The summed E-state index contributed by atoms with van der Waals surface area (Å²) < 4.78 is 10.6. The molecule has 3 heteroatoms. The minimum absolute atomic E-state index is 0.